The van der Waals surface area contributed by atoms with Crippen molar-refractivity contribution in [3.63, 3.8) is 0 Å². The first-order valence-electron chi connectivity index (χ1n) is 10.9. The Morgan fingerprint density at radius 1 is 1.12 bits per heavy atom. The van der Waals surface area contributed by atoms with Crippen LogP contribution in [0.2, 0.25) is 5.02 Å². The summed E-state index contributed by atoms with van der Waals surface area (Å²) in [5.74, 6) is 0.610. The number of nitrogens with zero attached hydrogens (tertiary/aromatic N) is 3. The molecule has 1 N–H and O–H groups in total. The van der Waals surface area contributed by atoms with Crippen molar-refractivity contribution >= 4 is 34.4 Å². The maximum Gasteiger partial charge on any atom is 0.333 e. The third-order valence-electron chi connectivity index (χ3n) is 5.68. The summed E-state index contributed by atoms with van der Waals surface area (Å²) in [4.78, 5) is 22.0. The van der Waals surface area contributed by atoms with Crippen molar-refractivity contribution in [1.82, 2.24) is 14.5 Å². The van der Waals surface area contributed by atoms with E-state index in [4.69, 9.17) is 26.3 Å². The van der Waals surface area contributed by atoms with Gasteiger partial charge in [-0.2, -0.15) is 0 Å². The standard InChI is InChI=1S/C26H27ClN4O2/c1-5-22-30-23-16(2)14-17(3)28-25(23)31(22)15-18-10-12-19(13-11-18)29-24(26(32)33-4)20-8-6-7-9-21(20)27/h6-14,24,29H,5,15H2,1-4H3. The molecule has 0 aliphatic rings. The number of methoxy groups -OCH3 is 1. The minimum Gasteiger partial charge on any atom is -0.467 e. The van der Waals surface area contributed by atoms with Crippen LogP contribution >= 0.6 is 11.6 Å². The molecule has 7 heteroatoms. The fourth-order valence-corrected chi connectivity index (χ4v) is 4.28. The summed E-state index contributed by atoms with van der Waals surface area (Å²) in [6.07, 6.45) is 0.827. The maximum atomic E-state index is 12.4. The highest BCUT2D eigenvalue weighted by Crippen LogP contribution is 2.28. The number of esters is 1. The molecule has 170 valence electrons. The number of imidazole rings is 1. The van der Waals surface area contributed by atoms with Crippen LogP contribution in [0.25, 0.3) is 11.2 Å². The van der Waals surface area contributed by atoms with E-state index in [0.717, 1.165) is 45.9 Å². The molecule has 4 rings (SSSR count). The van der Waals surface area contributed by atoms with E-state index in [1.165, 1.54) is 7.11 Å². The van der Waals surface area contributed by atoms with E-state index in [9.17, 15) is 4.79 Å². The molecule has 0 spiro atoms. The van der Waals surface area contributed by atoms with Crippen LogP contribution in [-0.4, -0.2) is 27.6 Å². The summed E-state index contributed by atoms with van der Waals surface area (Å²) < 4.78 is 7.18. The van der Waals surface area contributed by atoms with E-state index in [0.29, 0.717) is 17.1 Å². The van der Waals surface area contributed by atoms with Crippen LogP contribution in [0.5, 0.6) is 0 Å². The van der Waals surface area contributed by atoms with Crippen molar-refractivity contribution in [2.75, 3.05) is 12.4 Å². The number of hydrogen-bond acceptors (Lipinski definition) is 5. The monoisotopic (exact) mass is 462 g/mol. The zero-order chi connectivity index (χ0) is 23.5. The lowest BCUT2D eigenvalue weighted by Gasteiger charge is -2.19. The van der Waals surface area contributed by atoms with Crippen LogP contribution in [0, 0.1) is 13.8 Å². The number of halogens is 1. The number of aryl methyl sites for hydroxylation is 3. The number of aromatic nitrogens is 3. The SMILES string of the molecule is CCc1nc2c(C)cc(C)nc2n1Cc1ccc(NC(C(=O)OC)c2ccccc2Cl)cc1. The number of carbonyl (C=O) groups is 1. The molecule has 2 aromatic carbocycles. The van der Waals surface area contributed by atoms with Crippen LogP contribution in [-0.2, 0) is 22.5 Å². The number of pyridine rings is 1. The first-order valence-corrected chi connectivity index (χ1v) is 11.3. The van der Waals surface area contributed by atoms with Gasteiger partial charge in [-0.25, -0.2) is 14.8 Å². The molecule has 0 aliphatic carbocycles. The molecular formula is C26H27ClN4O2. The maximum absolute atomic E-state index is 12.4. The smallest absolute Gasteiger partial charge is 0.333 e. The molecule has 33 heavy (non-hydrogen) atoms. The zero-order valence-electron chi connectivity index (χ0n) is 19.2. The fraction of sp³-hybridized carbons (Fsp3) is 0.269. The number of hydrogen-bond donors (Lipinski definition) is 1. The molecule has 6 nitrogen and oxygen atoms in total. The number of carbonyl (C=O) groups excluding carboxylic acids is 1. The second kappa shape index (κ2) is 9.63. The number of rotatable bonds is 7. The quantitative estimate of drug-likeness (QED) is 0.360. The second-order valence-electron chi connectivity index (χ2n) is 8.04. The molecule has 0 fully saturated rings. The van der Waals surface area contributed by atoms with Crippen LogP contribution < -0.4 is 5.32 Å². The third kappa shape index (κ3) is 4.71. The van der Waals surface area contributed by atoms with Crippen molar-refractivity contribution < 1.29 is 9.53 Å². The second-order valence-corrected chi connectivity index (χ2v) is 8.45. The molecule has 1 unspecified atom stereocenters. The van der Waals surface area contributed by atoms with Crippen molar-refractivity contribution in [3.05, 3.63) is 87.8 Å². The number of fused-ring (bicyclic) bond motifs is 1. The van der Waals surface area contributed by atoms with Gasteiger partial charge in [-0.05, 0) is 49.2 Å². The Hall–Kier alpha value is -3.38. The van der Waals surface area contributed by atoms with Crippen molar-refractivity contribution in [1.29, 1.82) is 0 Å². The molecule has 2 heterocycles. The summed E-state index contributed by atoms with van der Waals surface area (Å²) in [6.45, 7) is 6.85. The Morgan fingerprint density at radius 3 is 2.52 bits per heavy atom. The Balaban J connectivity index is 1.60. The topological polar surface area (TPSA) is 69.0 Å². The minimum absolute atomic E-state index is 0.401. The first kappa shape index (κ1) is 22.8. The van der Waals surface area contributed by atoms with Gasteiger partial charge in [-0.1, -0.05) is 48.9 Å². The molecule has 0 radical (unpaired) electrons. The number of benzene rings is 2. The van der Waals surface area contributed by atoms with Crippen LogP contribution in [0.3, 0.4) is 0 Å². The van der Waals surface area contributed by atoms with Gasteiger partial charge in [0, 0.05) is 28.4 Å². The van der Waals surface area contributed by atoms with E-state index in [1.54, 1.807) is 6.07 Å². The average molecular weight is 463 g/mol. The lowest BCUT2D eigenvalue weighted by molar-refractivity contribution is -0.141. The number of anilines is 1. The van der Waals surface area contributed by atoms with Crippen molar-refractivity contribution in [3.8, 4) is 0 Å². The highest BCUT2D eigenvalue weighted by Gasteiger charge is 2.23. The van der Waals surface area contributed by atoms with E-state index >= 15 is 0 Å². The zero-order valence-corrected chi connectivity index (χ0v) is 20.0. The van der Waals surface area contributed by atoms with E-state index in [-0.39, 0.29) is 0 Å². The van der Waals surface area contributed by atoms with Gasteiger partial charge in [0.2, 0.25) is 0 Å². The lowest BCUT2D eigenvalue weighted by Crippen LogP contribution is -2.22. The fourth-order valence-electron chi connectivity index (χ4n) is 4.03. The molecule has 4 aromatic rings. The predicted molar refractivity (Wildman–Crippen MR) is 132 cm³/mol. The van der Waals surface area contributed by atoms with Gasteiger partial charge in [-0.3, -0.25) is 0 Å². The largest absolute Gasteiger partial charge is 0.467 e. The molecule has 2 aromatic heterocycles. The predicted octanol–water partition coefficient (Wildman–Crippen LogP) is 5.64. The Bertz CT molecular complexity index is 1300. The van der Waals surface area contributed by atoms with Crippen LogP contribution in [0.15, 0.2) is 54.6 Å². The number of ether oxygens (including phenoxy) is 1. The van der Waals surface area contributed by atoms with Gasteiger partial charge in [0.15, 0.2) is 11.7 Å². The number of nitrogens with one attached hydrogen (secondary N) is 1. The molecule has 1 atom stereocenters. The van der Waals surface area contributed by atoms with Crippen LogP contribution in [0.4, 0.5) is 5.69 Å². The van der Waals surface area contributed by atoms with E-state index < -0.39 is 12.0 Å². The minimum atomic E-state index is -0.700. The molecule has 0 saturated carbocycles. The summed E-state index contributed by atoms with van der Waals surface area (Å²) in [7, 11) is 1.37. The average Bonchev–Trinajstić information content (AvgIpc) is 3.16. The van der Waals surface area contributed by atoms with Gasteiger partial charge in [-0.15, -0.1) is 0 Å². The van der Waals surface area contributed by atoms with E-state index in [1.807, 2.05) is 49.4 Å². The molecule has 0 saturated heterocycles. The molecule has 0 aliphatic heterocycles. The Labute approximate surface area is 198 Å². The van der Waals surface area contributed by atoms with Gasteiger partial charge < -0.3 is 14.6 Å². The highest BCUT2D eigenvalue weighted by molar-refractivity contribution is 6.31. The van der Waals surface area contributed by atoms with Gasteiger partial charge in [0.1, 0.15) is 11.3 Å². The first-order chi connectivity index (χ1) is 15.9. The van der Waals surface area contributed by atoms with Crippen molar-refractivity contribution in [2.24, 2.45) is 0 Å². The molecular weight excluding hydrogens is 436 g/mol. The van der Waals surface area contributed by atoms with E-state index in [2.05, 4.69) is 29.8 Å². The summed E-state index contributed by atoms with van der Waals surface area (Å²) >= 11 is 6.33. The van der Waals surface area contributed by atoms with Crippen LogP contribution in [0.1, 0.15) is 41.2 Å². The molecule has 0 bridgehead atoms. The Morgan fingerprint density at radius 2 is 1.85 bits per heavy atom. The normalized spacial score (nSPS) is 12.0. The summed E-state index contributed by atoms with van der Waals surface area (Å²) in [6, 6.07) is 16.6. The summed E-state index contributed by atoms with van der Waals surface area (Å²) in [5, 5.41) is 3.76. The van der Waals surface area contributed by atoms with Gasteiger partial charge in [0.05, 0.1) is 13.7 Å². The van der Waals surface area contributed by atoms with Gasteiger partial charge >= 0.3 is 5.97 Å². The Kier molecular flexibility index (Phi) is 6.65. The third-order valence-corrected chi connectivity index (χ3v) is 6.02. The summed E-state index contributed by atoms with van der Waals surface area (Å²) in [5.41, 5.74) is 6.57. The lowest BCUT2D eigenvalue weighted by atomic mass is 10.1. The highest BCUT2D eigenvalue weighted by atomic mass is 35.5. The molecule has 0 amide bonds. The van der Waals surface area contributed by atoms with Gasteiger partial charge in [0.25, 0.3) is 0 Å². The van der Waals surface area contributed by atoms with Crippen molar-refractivity contribution in [2.45, 2.75) is 39.8 Å².